The number of aromatic nitrogens is 1. The van der Waals surface area contributed by atoms with Crippen LogP contribution >= 0.6 is 0 Å². The van der Waals surface area contributed by atoms with Gasteiger partial charge in [0.25, 0.3) is 0 Å². The van der Waals surface area contributed by atoms with Crippen LogP contribution in [0.15, 0.2) is 54.4 Å². The molecule has 3 aliphatic heterocycles. The molecule has 28 heavy (non-hydrogen) atoms. The molecule has 0 spiro atoms. The first-order valence-corrected chi connectivity index (χ1v) is 10.4. The van der Waals surface area contributed by atoms with Gasteiger partial charge >= 0.3 is 0 Å². The Kier molecular flexibility index (Phi) is 4.28. The molecule has 3 heteroatoms. The number of aliphatic hydroxyl groups excluding tert-OH is 1. The first-order valence-electron chi connectivity index (χ1n) is 10.4. The number of hydrogen-bond donors (Lipinski definition) is 1. The van der Waals surface area contributed by atoms with E-state index in [2.05, 4.69) is 78.1 Å². The minimum atomic E-state index is -0.317. The Balaban J connectivity index is 1.59. The molecule has 3 aromatic rings. The lowest BCUT2D eigenvalue weighted by Crippen LogP contribution is -2.48. The van der Waals surface area contributed by atoms with Crippen molar-refractivity contribution in [1.82, 2.24) is 9.47 Å². The van der Waals surface area contributed by atoms with Crippen molar-refractivity contribution in [3.05, 3.63) is 76.6 Å². The van der Waals surface area contributed by atoms with Gasteiger partial charge in [-0.25, -0.2) is 0 Å². The van der Waals surface area contributed by atoms with Crippen LogP contribution in [0.5, 0.6) is 0 Å². The molecule has 2 bridgehead atoms. The molecule has 3 saturated heterocycles. The Morgan fingerprint density at radius 3 is 2.57 bits per heavy atom. The molecule has 144 valence electrons. The minimum absolute atomic E-state index is 0.317. The van der Waals surface area contributed by atoms with Crippen molar-refractivity contribution < 1.29 is 5.11 Å². The van der Waals surface area contributed by atoms with E-state index < -0.39 is 0 Å². The van der Waals surface area contributed by atoms with Gasteiger partial charge in [-0.2, -0.15) is 0 Å². The van der Waals surface area contributed by atoms with Crippen LogP contribution < -0.4 is 0 Å². The summed E-state index contributed by atoms with van der Waals surface area (Å²) >= 11 is 0. The van der Waals surface area contributed by atoms with Crippen molar-refractivity contribution in [2.75, 3.05) is 13.1 Å². The average molecular weight is 373 g/mol. The molecule has 1 N–H and O–H groups in total. The predicted octanol–water partition coefficient (Wildman–Crippen LogP) is 4.73. The number of aryl methyl sites for hydroxylation is 2. The van der Waals surface area contributed by atoms with E-state index in [4.69, 9.17) is 0 Å². The zero-order chi connectivity index (χ0) is 19.3. The summed E-state index contributed by atoms with van der Waals surface area (Å²) in [6.07, 6.45) is 6.42. The second kappa shape index (κ2) is 6.82. The maximum Gasteiger partial charge on any atom is 0.0965 e. The van der Waals surface area contributed by atoms with E-state index >= 15 is 0 Å². The minimum Gasteiger partial charge on any atom is -0.387 e. The van der Waals surface area contributed by atoms with Crippen LogP contribution in [0.2, 0.25) is 0 Å². The fraction of sp³-hybridized carbons (Fsp3) is 0.360. The lowest BCUT2D eigenvalue weighted by Gasteiger charge is -2.45. The molecule has 0 radical (unpaired) electrons. The van der Waals surface area contributed by atoms with Crippen LogP contribution in [0.25, 0.3) is 17.0 Å². The fourth-order valence-electron chi connectivity index (χ4n) is 4.93. The lowest BCUT2D eigenvalue weighted by atomic mass is 9.83. The first-order chi connectivity index (χ1) is 13.6. The van der Waals surface area contributed by atoms with Gasteiger partial charge in [-0.3, -0.25) is 0 Å². The van der Waals surface area contributed by atoms with Gasteiger partial charge in [-0.1, -0.05) is 41.5 Å². The maximum absolute atomic E-state index is 10.8. The highest BCUT2D eigenvalue weighted by molar-refractivity contribution is 5.90. The second-order valence-corrected chi connectivity index (χ2v) is 8.56. The summed E-state index contributed by atoms with van der Waals surface area (Å²) in [5, 5.41) is 12.1. The summed E-state index contributed by atoms with van der Waals surface area (Å²) in [5.41, 5.74) is 7.46. The Bertz CT molecular complexity index is 1050. The summed E-state index contributed by atoms with van der Waals surface area (Å²) in [6, 6.07) is 15.4. The molecule has 4 heterocycles. The molecule has 2 aromatic carbocycles. The van der Waals surface area contributed by atoms with Crippen LogP contribution in [0.4, 0.5) is 0 Å². The van der Waals surface area contributed by atoms with Gasteiger partial charge in [-0.15, -0.1) is 0 Å². The van der Waals surface area contributed by atoms with Crippen molar-refractivity contribution in [3.63, 3.8) is 0 Å². The quantitative estimate of drug-likeness (QED) is 0.720. The zero-order valence-corrected chi connectivity index (χ0v) is 16.7. The third-order valence-corrected chi connectivity index (χ3v) is 6.46. The number of benzene rings is 2. The summed E-state index contributed by atoms with van der Waals surface area (Å²) in [4.78, 5) is 2.38. The van der Waals surface area contributed by atoms with Crippen LogP contribution in [0.1, 0.15) is 35.1 Å². The summed E-state index contributed by atoms with van der Waals surface area (Å²) in [6.45, 7) is 7.31. The van der Waals surface area contributed by atoms with Gasteiger partial charge in [0.2, 0.25) is 0 Å². The van der Waals surface area contributed by atoms with Crippen LogP contribution in [0, 0.1) is 19.8 Å². The molecule has 1 atom stereocenters. The SMILES string of the molecule is Cc1cccc(Cn2cc(/C=C3/C(O)C4CCN3CC4)c3cc(C)ccc32)c1. The Labute approximate surface area is 166 Å². The van der Waals surface area contributed by atoms with Crippen LogP contribution in [-0.2, 0) is 6.54 Å². The Hall–Kier alpha value is -2.52. The fourth-order valence-corrected chi connectivity index (χ4v) is 4.93. The molecule has 3 fully saturated rings. The Morgan fingerprint density at radius 2 is 1.82 bits per heavy atom. The van der Waals surface area contributed by atoms with E-state index in [0.29, 0.717) is 5.92 Å². The lowest BCUT2D eigenvalue weighted by molar-refractivity contribution is 0.0215. The molecule has 3 nitrogen and oxygen atoms in total. The zero-order valence-electron chi connectivity index (χ0n) is 16.7. The molecular weight excluding hydrogens is 344 g/mol. The molecule has 1 aromatic heterocycles. The van der Waals surface area contributed by atoms with Gasteiger partial charge in [0.05, 0.1) is 6.10 Å². The van der Waals surface area contributed by atoms with Gasteiger partial charge in [0, 0.05) is 48.0 Å². The number of aliphatic hydroxyl groups is 1. The highest BCUT2D eigenvalue weighted by atomic mass is 16.3. The van der Waals surface area contributed by atoms with Gasteiger partial charge in [-0.05, 0) is 56.4 Å². The number of fused-ring (bicyclic) bond motifs is 4. The van der Waals surface area contributed by atoms with E-state index in [9.17, 15) is 5.11 Å². The third-order valence-electron chi connectivity index (χ3n) is 6.46. The van der Waals surface area contributed by atoms with E-state index in [1.165, 1.54) is 33.2 Å². The van der Waals surface area contributed by atoms with Crippen molar-refractivity contribution in [2.45, 2.75) is 39.3 Å². The van der Waals surface area contributed by atoms with E-state index in [0.717, 1.165) is 38.2 Å². The molecule has 0 aliphatic carbocycles. The average Bonchev–Trinajstić information content (AvgIpc) is 3.01. The summed E-state index contributed by atoms with van der Waals surface area (Å²) in [7, 11) is 0. The van der Waals surface area contributed by atoms with Gasteiger partial charge in [0.1, 0.15) is 0 Å². The van der Waals surface area contributed by atoms with E-state index in [-0.39, 0.29) is 6.10 Å². The largest absolute Gasteiger partial charge is 0.387 e. The predicted molar refractivity (Wildman–Crippen MR) is 115 cm³/mol. The number of piperidine rings is 3. The number of rotatable bonds is 3. The van der Waals surface area contributed by atoms with Crippen molar-refractivity contribution in [3.8, 4) is 0 Å². The maximum atomic E-state index is 10.8. The molecular formula is C25H28N2O. The van der Waals surface area contributed by atoms with Crippen LogP contribution in [-0.4, -0.2) is 33.8 Å². The number of hydrogen-bond acceptors (Lipinski definition) is 2. The van der Waals surface area contributed by atoms with Crippen molar-refractivity contribution in [1.29, 1.82) is 0 Å². The van der Waals surface area contributed by atoms with Crippen LogP contribution in [0.3, 0.4) is 0 Å². The van der Waals surface area contributed by atoms with Crippen molar-refractivity contribution >= 4 is 17.0 Å². The van der Waals surface area contributed by atoms with Gasteiger partial charge in [0.15, 0.2) is 0 Å². The monoisotopic (exact) mass is 372 g/mol. The van der Waals surface area contributed by atoms with Gasteiger partial charge < -0.3 is 14.6 Å². The molecule has 0 amide bonds. The molecule has 6 rings (SSSR count). The summed E-state index contributed by atoms with van der Waals surface area (Å²) < 4.78 is 2.35. The van der Waals surface area contributed by atoms with E-state index in [1.54, 1.807) is 0 Å². The molecule has 0 saturated carbocycles. The Morgan fingerprint density at radius 1 is 1.04 bits per heavy atom. The topological polar surface area (TPSA) is 28.4 Å². The number of nitrogens with zero attached hydrogens (tertiary/aromatic N) is 2. The smallest absolute Gasteiger partial charge is 0.0965 e. The summed E-state index contributed by atoms with van der Waals surface area (Å²) in [5.74, 6) is 0.429. The first kappa shape index (κ1) is 17.6. The normalized spacial score (nSPS) is 23.1. The highest BCUT2D eigenvalue weighted by Gasteiger charge is 2.36. The van der Waals surface area contributed by atoms with Crippen molar-refractivity contribution in [2.24, 2.45) is 5.92 Å². The molecule has 3 aliphatic rings. The standard InChI is InChI=1S/C25H28N2O/c1-17-4-3-5-19(12-17)15-27-16-21(22-13-18(2)6-7-23(22)27)14-24-25(28)20-8-10-26(24)11-9-20/h3-7,12-14,16,20,25,28H,8-11,15H2,1-2H3/b24-14-. The second-order valence-electron chi connectivity index (χ2n) is 8.56. The van der Waals surface area contributed by atoms with E-state index in [1.807, 2.05) is 0 Å². The molecule has 1 unspecified atom stereocenters. The third kappa shape index (κ3) is 3.04. The highest BCUT2D eigenvalue weighted by Crippen LogP contribution is 2.37.